The van der Waals surface area contributed by atoms with Crippen LogP contribution < -0.4 is 9.47 Å². The maximum Gasteiger partial charge on any atom is 0.387 e. The van der Waals surface area contributed by atoms with Gasteiger partial charge < -0.3 is 9.47 Å². The molecule has 0 atom stereocenters. The summed E-state index contributed by atoms with van der Waals surface area (Å²) in [6.07, 6.45) is 1.37. The number of aromatic nitrogens is 2. The highest BCUT2D eigenvalue weighted by molar-refractivity contribution is 7.16. The predicted molar refractivity (Wildman–Crippen MR) is 80.3 cm³/mol. The number of ether oxygens (including phenoxy) is 2. The molecule has 2 heterocycles. The molecule has 23 heavy (non-hydrogen) atoms. The number of carbonyl (C=O) groups excluding carboxylic acids is 1. The number of alkyl halides is 2. The number of benzene rings is 1. The van der Waals surface area contributed by atoms with Gasteiger partial charge in [-0.2, -0.15) is 8.78 Å². The van der Waals surface area contributed by atoms with Crippen molar-refractivity contribution in [3.05, 3.63) is 47.6 Å². The van der Waals surface area contributed by atoms with Crippen molar-refractivity contribution in [1.82, 2.24) is 9.97 Å². The third-order valence-corrected chi connectivity index (χ3v) is 3.79. The summed E-state index contributed by atoms with van der Waals surface area (Å²) in [7, 11) is 0. The second-order valence-electron chi connectivity index (χ2n) is 4.43. The van der Waals surface area contributed by atoms with Gasteiger partial charge in [-0.25, -0.2) is 9.97 Å². The summed E-state index contributed by atoms with van der Waals surface area (Å²) >= 11 is 1.45. The van der Waals surface area contributed by atoms with E-state index in [1.807, 2.05) is 11.4 Å². The Morgan fingerprint density at radius 2 is 1.96 bits per heavy atom. The number of hydrogen-bond acceptors (Lipinski definition) is 6. The Labute approximate surface area is 133 Å². The largest absolute Gasteiger partial charge is 0.469 e. The predicted octanol–water partition coefficient (Wildman–Crippen LogP) is 3.55. The van der Waals surface area contributed by atoms with E-state index in [4.69, 9.17) is 4.74 Å². The molecule has 0 bridgehead atoms. The zero-order valence-electron chi connectivity index (χ0n) is 11.6. The standard InChI is InChI=1S/C15H10F2N2O3S/c16-15(17)22-10-3-1-9(2-4-10)12(20)7-21-13-11-5-6-23-14(11)19-8-18-13/h1-6,8,15H,7H2. The maximum atomic E-state index is 12.1. The molecule has 0 fully saturated rings. The number of Topliss-reactive ketones (excluding diaryl/α,β-unsaturated/α-hetero) is 1. The highest BCUT2D eigenvalue weighted by Crippen LogP contribution is 2.25. The number of thiophene rings is 1. The van der Waals surface area contributed by atoms with Crippen LogP contribution in [0.4, 0.5) is 8.78 Å². The molecule has 8 heteroatoms. The molecular formula is C15H10F2N2O3S. The van der Waals surface area contributed by atoms with Gasteiger partial charge in [-0.15, -0.1) is 11.3 Å². The van der Waals surface area contributed by atoms with E-state index in [2.05, 4.69) is 14.7 Å². The molecular weight excluding hydrogens is 326 g/mol. The van der Waals surface area contributed by atoms with Gasteiger partial charge in [0, 0.05) is 5.56 Å². The first-order valence-electron chi connectivity index (χ1n) is 6.52. The molecule has 0 N–H and O–H groups in total. The van der Waals surface area contributed by atoms with E-state index >= 15 is 0 Å². The number of ketones is 1. The van der Waals surface area contributed by atoms with Gasteiger partial charge in [0.1, 0.15) is 16.9 Å². The fourth-order valence-corrected chi connectivity index (χ4v) is 2.65. The first-order valence-corrected chi connectivity index (χ1v) is 7.40. The molecule has 2 aromatic heterocycles. The van der Waals surface area contributed by atoms with Gasteiger partial charge >= 0.3 is 6.61 Å². The van der Waals surface area contributed by atoms with Gasteiger partial charge in [0.2, 0.25) is 5.88 Å². The highest BCUT2D eigenvalue weighted by atomic mass is 32.1. The van der Waals surface area contributed by atoms with Crippen molar-refractivity contribution in [1.29, 1.82) is 0 Å². The van der Waals surface area contributed by atoms with Crippen LogP contribution >= 0.6 is 11.3 Å². The molecule has 3 aromatic rings. The molecule has 118 valence electrons. The summed E-state index contributed by atoms with van der Waals surface area (Å²) in [5.41, 5.74) is 0.335. The number of rotatable bonds is 6. The SMILES string of the molecule is O=C(COc1ncnc2sccc12)c1ccc(OC(F)F)cc1. The van der Waals surface area contributed by atoms with Gasteiger partial charge in [-0.3, -0.25) is 4.79 Å². The van der Waals surface area contributed by atoms with Crippen molar-refractivity contribution in [2.45, 2.75) is 6.61 Å². The summed E-state index contributed by atoms with van der Waals surface area (Å²) in [4.78, 5) is 20.9. The van der Waals surface area contributed by atoms with E-state index in [-0.39, 0.29) is 18.1 Å². The van der Waals surface area contributed by atoms with Gasteiger partial charge in [0.05, 0.1) is 5.39 Å². The van der Waals surface area contributed by atoms with Crippen LogP contribution in [0.15, 0.2) is 42.0 Å². The lowest BCUT2D eigenvalue weighted by atomic mass is 10.1. The van der Waals surface area contributed by atoms with Crippen molar-refractivity contribution < 1.29 is 23.0 Å². The third-order valence-electron chi connectivity index (χ3n) is 2.97. The molecule has 1 aromatic carbocycles. The maximum absolute atomic E-state index is 12.1. The lowest BCUT2D eigenvalue weighted by Crippen LogP contribution is -2.12. The number of fused-ring (bicyclic) bond motifs is 1. The molecule has 0 unspecified atom stereocenters. The average molecular weight is 336 g/mol. The number of carbonyl (C=O) groups is 1. The average Bonchev–Trinajstić information content (AvgIpc) is 3.02. The molecule has 3 rings (SSSR count). The third kappa shape index (κ3) is 3.59. The van der Waals surface area contributed by atoms with Gasteiger partial charge in [-0.1, -0.05) is 0 Å². The van der Waals surface area contributed by atoms with Gasteiger partial charge in [0.15, 0.2) is 12.4 Å². The van der Waals surface area contributed by atoms with E-state index < -0.39 is 6.61 Å². The van der Waals surface area contributed by atoms with Crippen molar-refractivity contribution in [3.8, 4) is 11.6 Å². The summed E-state index contributed by atoms with van der Waals surface area (Å²) in [6.45, 7) is -3.11. The number of nitrogens with zero attached hydrogens (tertiary/aromatic N) is 2. The van der Waals surface area contributed by atoms with E-state index in [9.17, 15) is 13.6 Å². The first kappa shape index (κ1) is 15.3. The zero-order valence-corrected chi connectivity index (χ0v) is 12.4. The summed E-state index contributed by atoms with van der Waals surface area (Å²) in [5.74, 6) is 0.0334. The summed E-state index contributed by atoms with van der Waals surface area (Å²) < 4.78 is 33.8. The van der Waals surface area contributed by atoms with Crippen LogP contribution in [0.25, 0.3) is 10.2 Å². The quantitative estimate of drug-likeness (QED) is 0.644. The van der Waals surface area contributed by atoms with Gasteiger partial charge in [-0.05, 0) is 35.7 Å². The first-order chi connectivity index (χ1) is 11.1. The molecule has 0 saturated heterocycles. The smallest absolute Gasteiger partial charge is 0.387 e. The van der Waals surface area contributed by atoms with Crippen molar-refractivity contribution in [2.75, 3.05) is 6.61 Å². The Hall–Kier alpha value is -2.61. The molecule has 0 amide bonds. The fraction of sp³-hybridized carbons (Fsp3) is 0.133. The van der Waals surface area contributed by atoms with Crippen LogP contribution in [-0.2, 0) is 0 Å². The minimum atomic E-state index is -2.90. The minimum Gasteiger partial charge on any atom is -0.469 e. The second-order valence-corrected chi connectivity index (χ2v) is 5.33. The molecule has 0 saturated carbocycles. The Bertz CT molecular complexity index is 821. The summed E-state index contributed by atoms with van der Waals surface area (Å²) in [6, 6.07) is 7.24. The van der Waals surface area contributed by atoms with E-state index in [0.29, 0.717) is 11.4 Å². The van der Waals surface area contributed by atoms with Crippen LogP contribution in [0.2, 0.25) is 0 Å². The molecule has 5 nitrogen and oxygen atoms in total. The van der Waals surface area contributed by atoms with Gasteiger partial charge in [0.25, 0.3) is 0 Å². The van der Waals surface area contributed by atoms with Crippen molar-refractivity contribution >= 4 is 27.3 Å². The van der Waals surface area contributed by atoms with E-state index in [1.54, 1.807) is 0 Å². The summed E-state index contributed by atoms with van der Waals surface area (Å²) in [5, 5.41) is 2.60. The second kappa shape index (κ2) is 6.66. The Morgan fingerprint density at radius 1 is 1.17 bits per heavy atom. The van der Waals surface area contributed by atoms with Crippen LogP contribution in [-0.4, -0.2) is 29.0 Å². The van der Waals surface area contributed by atoms with E-state index in [0.717, 1.165) is 10.2 Å². The van der Waals surface area contributed by atoms with E-state index in [1.165, 1.54) is 41.9 Å². The van der Waals surface area contributed by atoms with Crippen molar-refractivity contribution in [3.63, 3.8) is 0 Å². The molecule has 0 aliphatic rings. The van der Waals surface area contributed by atoms with Crippen LogP contribution in [0.5, 0.6) is 11.6 Å². The minimum absolute atomic E-state index is 0.00625. The highest BCUT2D eigenvalue weighted by Gasteiger charge is 2.11. The van der Waals surface area contributed by atoms with Crippen LogP contribution in [0, 0.1) is 0 Å². The molecule has 0 aliphatic carbocycles. The molecule has 0 radical (unpaired) electrons. The Morgan fingerprint density at radius 3 is 2.70 bits per heavy atom. The number of halogens is 2. The lowest BCUT2D eigenvalue weighted by molar-refractivity contribution is -0.0498. The Kier molecular flexibility index (Phi) is 4.42. The number of hydrogen-bond donors (Lipinski definition) is 0. The van der Waals surface area contributed by atoms with Crippen LogP contribution in [0.3, 0.4) is 0 Å². The normalized spacial score (nSPS) is 10.9. The zero-order chi connectivity index (χ0) is 16.2. The van der Waals surface area contributed by atoms with Crippen LogP contribution in [0.1, 0.15) is 10.4 Å². The monoisotopic (exact) mass is 336 g/mol. The Balaban J connectivity index is 1.66. The topological polar surface area (TPSA) is 61.3 Å². The molecule has 0 aliphatic heterocycles. The molecule has 0 spiro atoms. The fourth-order valence-electron chi connectivity index (χ4n) is 1.92. The lowest BCUT2D eigenvalue weighted by Gasteiger charge is -2.07. The van der Waals surface area contributed by atoms with Crippen molar-refractivity contribution in [2.24, 2.45) is 0 Å².